The number of aryl methyl sites for hydroxylation is 2. The number of hydrogen-bond donors (Lipinski definition) is 2. The normalized spacial score (nSPS) is 11.7. The van der Waals surface area contributed by atoms with Crippen LogP contribution in [0.1, 0.15) is 18.1 Å². The maximum Gasteiger partial charge on any atom is 0.245 e. The van der Waals surface area contributed by atoms with Gasteiger partial charge in [0.25, 0.3) is 0 Å². The molecule has 7 heteroatoms. The van der Waals surface area contributed by atoms with E-state index in [2.05, 4.69) is 9.82 Å². The van der Waals surface area contributed by atoms with Crippen molar-refractivity contribution in [2.24, 2.45) is 0 Å². The Bertz CT molecular complexity index is 722. The molecule has 0 atom stereocenters. The summed E-state index contributed by atoms with van der Waals surface area (Å²) in [5, 5.41) is 3.95. The highest BCUT2D eigenvalue weighted by molar-refractivity contribution is 7.89. The first-order valence-electron chi connectivity index (χ1n) is 6.81. The molecular formula is C14H20N4O2S. The summed E-state index contributed by atoms with van der Waals surface area (Å²) in [6.45, 7) is 4.77. The average molecular weight is 308 g/mol. The average Bonchev–Trinajstić information content (AvgIpc) is 2.83. The monoisotopic (exact) mass is 308 g/mol. The lowest BCUT2D eigenvalue weighted by Crippen LogP contribution is -2.26. The van der Waals surface area contributed by atoms with Gasteiger partial charge in [0.2, 0.25) is 10.0 Å². The third kappa shape index (κ3) is 3.62. The fraction of sp³-hybridized carbons (Fsp3) is 0.357. The molecule has 1 heterocycles. The smallest absolute Gasteiger partial charge is 0.245 e. The fourth-order valence-corrected chi connectivity index (χ4v) is 3.18. The highest BCUT2D eigenvalue weighted by Crippen LogP contribution is 2.16. The van der Waals surface area contributed by atoms with E-state index in [1.807, 2.05) is 38.1 Å². The highest BCUT2D eigenvalue weighted by Gasteiger charge is 2.20. The van der Waals surface area contributed by atoms with Crippen LogP contribution in [0.25, 0.3) is 0 Å². The molecular weight excluding hydrogens is 288 g/mol. The van der Waals surface area contributed by atoms with Crippen molar-refractivity contribution in [3.8, 4) is 0 Å². The molecule has 0 spiro atoms. The summed E-state index contributed by atoms with van der Waals surface area (Å²) in [4.78, 5) is 0.0362. The molecule has 6 nitrogen and oxygen atoms in total. The van der Waals surface area contributed by atoms with Crippen LogP contribution in [0.15, 0.2) is 35.4 Å². The van der Waals surface area contributed by atoms with E-state index in [1.54, 1.807) is 0 Å². The standard InChI is InChI=1S/C14H20N4O2S/c1-3-18-10-13(14(15)17-18)21(19,20)16-9-8-12-7-5-4-6-11(12)2/h4-7,10,16H,3,8-9H2,1-2H3,(H2,15,17). The summed E-state index contributed by atoms with van der Waals surface area (Å²) in [6, 6.07) is 7.91. The highest BCUT2D eigenvalue weighted by atomic mass is 32.2. The van der Waals surface area contributed by atoms with Gasteiger partial charge in [-0.3, -0.25) is 4.68 Å². The van der Waals surface area contributed by atoms with Gasteiger partial charge in [-0.1, -0.05) is 24.3 Å². The number of sulfonamides is 1. The third-order valence-corrected chi connectivity index (χ3v) is 4.79. The summed E-state index contributed by atoms with van der Waals surface area (Å²) in [6.07, 6.45) is 2.08. The van der Waals surface area contributed by atoms with Gasteiger partial charge in [-0.2, -0.15) is 5.10 Å². The zero-order chi connectivity index (χ0) is 15.5. The first kappa shape index (κ1) is 15.5. The molecule has 1 aromatic carbocycles. The van der Waals surface area contributed by atoms with Gasteiger partial charge in [0.15, 0.2) is 5.82 Å². The van der Waals surface area contributed by atoms with Gasteiger partial charge in [-0.15, -0.1) is 0 Å². The summed E-state index contributed by atoms with van der Waals surface area (Å²) < 4.78 is 28.5. The van der Waals surface area contributed by atoms with E-state index in [1.165, 1.54) is 10.9 Å². The molecule has 0 aliphatic heterocycles. The number of hydrogen-bond acceptors (Lipinski definition) is 4. The van der Waals surface area contributed by atoms with E-state index in [4.69, 9.17) is 5.73 Å². The summed E-state index contributed by atoms with van der Waals surface area (Å²) >= 11 is 0. The molecule has 0 bridgehead atoms. The van der Waals surface area contributed by atoms with Gasteiger partial charge >= 0.3 is 0 Å². The molecule has 114 valence electrons. The summed E-state index contributed by atoms with van der Waals surface area (Å²) in [5.41, 5.74) is 7.93. The zero-order valence-corrected chi connectivity index (χ0v) is 13.0. The SMILES string of the molecule is CCn1cc(S(=O)(=O)NCCc2ccccc2C)c(N)n1. The molecule has 2 rings (SSSR count). The molecule has 0 amide bonds. The van der Waals surface area contributed by atoms with Crippen LogP contribution < -0.4 is 10.5 Å². The minimum absolute atomic E-state index is 0.0280. The Morgan fingerprint density at radius 3 is 2.67 bits per heavy atom. The molecule has 0 aliphatic carbocycles. The van der Waals surface area contributed by atoms with Crippen LogP contribution in [0.4, 0.5) is 5.82 Å². The maximum atomic E-state index is 12.2. The van der Waals surface area contributed by atoms with Gasteiger partial charge in [-0.25, -0.2) is 13.1 Å². The number of benzene rings is 1. The van der Waals surface area contributed by atoms with Crippen LogP contribution in [-0.2, 0) is 23.0 Å². The van der Waals surface area contributed by atoms with Crippen LogP contribution in [0.2, 0.25) is 0 Å². The van der Waals surface area contributed by atoms with Gasteiger partial charge in [-0.05, 0) is 31.4 Å². The molecule has 0 radical (unpaired) electrons. The van der Waals surface area contributed by atoms with Crippen LogP contribution in [-0.4, -0.2) is 24.7 Å². The number of nitrogens with zero attached hydrogens (tertiary/aromatic N) is 2. The van der Waals surface area contributed by atoms with Crippen molar-refractivity contribution in [1.29, 1.82) is 0 Å². The predicted molar refractivity (Wildman–Crippen MR) is 82.4 cm³/mol. The Balaban J connectivity index is 2.05. The largest absolute Gasteiger partial charge is 0.381 e. The van der Waals surface area contributed by atoms with Gasteiger partial charge in [0.05, 0.1) is 0 Å². The first-order valence-corrected chi connectivity index (χ1v) is 8.29. The van der Waals surface area contributed by atoms with Gasteiger partial charge < -0.3 is 5.73 Å². The van der Waals surface area contributed by atoms with Crippen molar-refractivity contribution >= 4 is 15.8 Å². The number of nitrogens with one attached hydrogen (secondary N) is 1. The molecule has 0 saturated heterocycles. The van der Waals surface area contributed by atoms with Crippen LogP contribution >= 0.6 is 0 Å². The molecule has 0 aliphatic rings. The van der Waals surface area contributed by atoms with Crippen molar-refractivity contribution < 1.29 is 8.42 Å². The van der Waals surface area contributed by atoms with Crippen molar-refractivity contribution in [2.45, 2.75) is 31.7 Å². The predicted octanol–water partition coefficient (Wildman–Crippen LogP) is 1.31. The Kier molecular flexibility index (Phi) is 4.64. The van der Waals surface area contributed by atoms with Gasteiger partial charge in [0, 0.05) is 19.3 Å². The van der Waals surface area contributed by atoms with Crippen LogP contribution in [0.3, 0.4) is 0 Å². The second-order valence-corrected chi connectivity index (χ2v) is 6.54. The van der Waals surface area contributed by atoms with E-state index >= 15 is 0 Å². The molecule has 2 aromatic rings. The van der Waals surface area contributed by atoms with E-state index in [-0.39, 0.29) is 10.7 Å². The van der Waals surface area contributed by atoms with Crippen LogP contribution in [0, 0.1) is 6.92 Å². The van der Waals surface area contributed by atoms with Crippen molar-refractivity contribution in [1.82, 2.24) is 14.5 Å². The van der Waals surface area contributed by atoms with E-state index in [0.717, 1.165) is 11.1 Å². The Hall–Kier alpha value is -1.86. The molecule has 0 unspecified atom stereocenters. The minimum Gasteiger partial charge on any atom is -0.381 e. The molecule has 0 fully saturated rings. The lowest BCUT2D eigenvalue weighted by atomic mass is 10.1. The summed E-state index contributed by atoms with van der Waals surface area (Å²) in [5.74, 6) is 0.0280. The van der Waals surface area contributed by atoms with Crippen molar-refractivity contribution in [3.63, 3.8) is 0 Å². The van der Waals surface area contributed by atoms with E-state index < -0.39 is 10.0 Å². The maximum absolute atomic E-state index is 12.2. The Labute approximate surface area is 125 Å². The third-order valence-electron chi connectivity index (χ3n) is 3.32. The minimum atomic E-state index is -3.62. The number of nitrogen functional groups attached to an aromatic ring is 1. The molecule has 21 heavy (non-hydrogen) atoms. The summed E-state index contributed by atoms with van der Waals surface area (Å²) in [7, 11) is -3.62. The van der Waals surface area contributed by atoms with Crippen molar-refractivity contribution in [2.75, 3.05) is 12.3 Å². The number of nitrogens with two attached hydrogens (primary N) is 1. The van der Waals surface area contributed by atoms with Crippen molar-refractivity contribution in [3.05, 3.63) is 41.6 Å². The number of rotatable bonds is 6. The first-order chi connectivity index (χ1) is 9.94. The molecule has 3 N–H and O–H groups in total. The van der Waals surface area contributed by atoms with Gasteiger partial charge in [0.1, 0.15) is 4.90 Å². The van der Waals surface area contributed by atoms with E-state index in [9.17, 15) is 8.42 Å². The number of anilines is 1. The fourth-order valence-electron chi connectivity index (χ4n) is 2.08. The number of aromatic nitrogens is 2. The lowest BCUT2D eigenvalue weighted by Gasteiger charge is -2.07. The molecule has 0 saturated carbocycles. The quantitative estimate of drug-likeness (QED) is 0.842. The molecule has 1 aromatic heterocycles. The van der Waals surface area contributed by atoms with Crippen LogP contribution in [0.5, 0.6) is 0 Å². The topological polar surface area (TPSA) is 90.0 Å². The second kappa shape index (κ2) is 6.28. The Morgan fingerprint density at radius 2 is 2.05 bits per heavy atom. The zero-order valence-electron chi connectivity index (χ0n) is 12.2. The lowest BCUT2D eigenvalue weighted by molar-refractivity contribution is 0.581. The van der Waals surface area contributed by atoms with E-state index in [0.29, 0.717) is 19.5 Å². The second-order valence-electron chi connectivity index (χ2n) is 4.81. The Morgan fingerprint density at radius 1 is 1.33 bits per heavy atom.